The van der Waals surface area contributed by atoms with Gasteiger partial charge in [0.05, 0.1) is 25.4 Å². The van der Waals surface area contributed by atoms with Crippen molar-refractivity contribution in [2.45, 2.75) is 37.8 Å². The quantitative estimate of drug-likeness (QED) is 0.924. The average molecular weight is 342 g/mol. The Morgan fingerprint density at radius 3 is 2.76 bits per heavy atom. The molecule has 1 aliphatic carbocycles. The summed E-state index contributed by atoms with van der Waals surface area (Å²) >= 11 is 0. The van der Waals surface area contributed by atoms with Gasteiger partial charge in [0.1, 0.15) is 5.76 Å². The number of ether oxygens (including phenoxy) is 1. The number of hydrogen-bond acceptors (Lipinski definition) is 5. The van der Waals surface area contributed by atoms with Gasteiger partial charge in [-0.3, -0.25) is 4.79 Å². The van der Waals surface area contributed by atoms with E-state index in [4.69, 9.17) is 9.15 Å². The molecular formula is C19H22N2O4. The molecule has 6 nitrogen and oxygen atoms in total. The molecule has 2 atom stereocenters. The molecule has 2 aliphatic rings. The van der Waals surface area contributed by atoms with E-state index >= 15 is 0 Å². The van der Waals surface area contributed by atoms with Crippen molar-refractivity contribution >= 4 is 5.91 Å². The predicted octanol–water partition coefficient (Wildman–Crippen LogP) is 2.44. The summed E-state index contributed by atoms with van der Waals surface area (Å²) in [5.41, 5.74) is 1.28. The first-order valence-corrected chi connectivity index (χ1v) is 8.77. The van der Waals surface area contributed by atoms with Crippen molar-refractivity contribution in [3.05, 3.63) is 41.8 Å². The lowest BCUT2D eigenvalue weighted by Crippen LogP contribution is -2.52. The Labute approximate surface area is 146 Å². The molecule has 1 N–H and O–H groups in total. The second-order valence-electron chi connectivity index (χ2n) is 6.82. The maximum Gasteiger partial charge on any atom is 0.276 e. The maximum atomic E-state index is 13.1. The van der Waals surface area contributed by atoms with E-state index in [0.29, 0.717) is 30.5 Å². The fraction of sp³-hybridized carbons (Fsp3) is 0.474. The summed E-state index contributed by atoms with van der Waals surface area (Å²) in [5.74, 6) is 1.34. The number of aliphatic hydroxyl groups is 1. The summed E-state index contributed by atoms with van der Waals surface area (Å²) in [6, 6.07) is 9.58. The topological polar surface area (TPSA) is 75.8 Å². The van der Waals surface area contributed by atoms with Gasteiger partial charge in [-0.1, -0.05) is 18.2 Å². The van der Waals surface area contributed by atoms with Gasteiger partial charge in [0, 0.05) is 18.0 Å². The van der Waals surface area contributed by atoms with Gasteiger partial charge in [-0.15, -0.1) is 0 Å². The van der Waals surface area contributed by atoms with Crippen LogP contribution in [0, 0.1) is 0 Å². The van der Waals surface area contributed by atoms with E-state index in [9.17, 15) is 9.90 Å². The van der Waals surface area contributed by atoms with Gasteiger partial charge in [0.2, 0.25) is 5.89 Å². The number of rotatable bonds is 4. The van der Waals surface area contributed by atoms with Crippen LogP contribution in [0.4, 0.5) is 0 Å². The molecule has 1 amide bonds. The molecule has 1 saturated heterocycles. The van der Waals surface area contributed by atoms with Crippen LogP contribution in [-0.4, -0.2) is 52.8 Å². The number of oxazole rings is 1. The zero-order valence-electron chi connectivity index (χ0n) is 14.2. The number of carbonyl (C=O) groups is 1. The van der Waals surface area contributed by atoms with Gasteiger partial charge in [0.15, 0.2) is 5.69 Å². The average Bonchev–Trinajstić information content (AvgIpc) is 3.40. The van der Waals surface area contributed by atoms with E-state index in [2.05, 4.69) is 4.98 Å². The van der Waals surface area contributed by atoms with Crippen molar-refractivity contribution in [1.82, 2.24) is 9.88 Å². The fourth-order valence-corrected chi connectivity index (χ4v) is 3.16. The molecule has 2 heterocycles. The van der Waals surface area contributed by atoms with Crippen molar-refractivity contribution in [1.29, 1.82) is 0 Å². The van der Waals surface area contributed by atoms with Crippen molar-refractivity contribution in [2.24, 2.45) is 0 Å². The number of hydrogen-bond donors (Lipinski definition) is 1. The number of benzene rings is 1. The van der Waals surface area contributed by atoms with Gasteiger partial charge >= 0.3 is 0 Å². The van der Waals surface area contributed by atoms with E-state index in [-0.39, 0.29) is 30.6 Å². The fourth-order valence-electron chi connectivity index (χ4n) is 3.16. The van der Waals surface area contributed by atoms with Crippen LogP contribution < -0.4 is 0 Å². The van der Waals surface area contributed by atoms with Crippen LogP contribution in [0.2, 0.25) is 0 Å². The molecule has 2 aromatic rings. The molecule has 6 heteroatoms. The minimum absolute atomic E-state index is 0.0563. The highest BCUT2D eigenvalue weighted by molar-refractivity contribution is 5.94. The highest BCUT2D eigenvalue weighted by Gasteiger charge is 2.38. The lowest BCUT2D eigenvalue weighted by Gasteiger charge is -2.37. The van der Waals surface area contributed by atoms with E-state index in [1.165, 1.54) is 0 Å². The third kappa shape index (κ3) is 3.19. The molecular weight excluding hydrogens is 320 g/mol. The molecule has 132 valence electrons. The van der Waals surface area contributed by atoms with Gasteiger partial charge in [-0.05, 0) is 31.9 Å². The number of carbonyl (C=O) groups excluding carboxylic acids is 1. The summed E-state index contributed by atoms with van der Waals surface area (Å²) in [5, 5.41) is 9.36. The molecule has 0 radical (unpaired) electrons. The standard InChI is InChI=1S/C19H22N2O4/c1-12-11-24-15(10-22)9-21(12)19(23)16-17(13-7-8-13)25-18(20-16)14-5-3-2-4-6-14/h2-6,12-13,15,22H,7-11H2,1H3. The maximum absolute atomic E-state index is 13.1. The molecule has 1 aromatic carbocycles. The normalized spacial score (nSPS) is 23.7. The van der Waals surface area contributed by atoms with Crippen LogP contribution >= 0.6 is 0 Å². The smallest absolute Gasteiger partial charge is 0.276 e. The van der Waals surface area contributed by atoms with Crippen molar-refractivity contribution in [2.75, 3.05) is 19.8 Å². The minimum Gasteiger partial charge on any atom is -0.440 e. The molecule has 1 aliphatic heterocycles. The molecule has 4 rings (SSSR count). The Morgan fingerprint density at radius 1 is 1.32 bits per heavy atom. The van der Waals surface area contributed by atoms with Crippen LogP contribution in [0.3, 0.4) is 0 Å². The first kappa shape index (κ1) is 16.3. The summed E-state index contributed by atoms with van der Waals surface area (Å²) in [4.78, 5) is 19.4. The van der Waals surface area contributed by atoms with Gasteiger partial charge in [0.25, 0.3) is 5.91 Å². The number of morpholine rings is 1. The molecule has 2 unspecified atom stereocenters. The Bertz CT molecular complexity index is 754. The van der Waals surface area contributed by atoms with Crippen molar-refractivity contribution in [3.63, 3.8) is 0 Å². The van der Waals surface area contributed by atoms with Crippen LogP contribution in [-0.2, 0) is 4.74 Å². The van der Waals surface area contributed by atoms with Gasteiger partial charge < -0.3 is 19.2 Å². The summed E-state index contributed by atoms with van der Waals surface area (Å²) in [6.07, 6.45) is 1.72. The van der Waals surface area contributed by atoms with Crippen LogP contribution in [0.1, 0.15) is 41.9 Å². The third-order valence-corrected chi connectivity index (χ3v) is 4.79. The van der Waals surface area contributed by atoms with E-state index < -0.39 is 0 Å². The van der Waals surface area contributed by atoms with Crippen LogP contribution in [0.5, 0.6) is 0 Å². The Kier molecular flexibility index (Phi) is 4.31. The van der Waals surface area contributed by atoms with Gasteiger partial charge in [-0.2, -0.15) is 0 Å². The molecule has 2 fully saturated rings. The third-order valence-electron chi connectivity index (χ3n) is 4.79. The lowest BCUT2D eigenvalue weighted by atomic mass is 10.1. The zero-order chi connectivity index (χ0) is 17.4. The summed E-state index contributed by atoms with van der Waals surface area (Å²) in [6.45, 7) is 2.63. The molecule has 0 bridgehead atoms. The van der Waals surface area contributed by atoms with Gasteiger partial charge in [-0.25, -0.2) is 4.98 Å². The molecule has 0 spiro atoms. The number of nitrogens with zero attached hydrogens (tertiary/aromatic N) is 2. The molecule has 25 heavy (non-hydrogen) atoms. The zero-order valence-corrected chi connectivity index (χ0v) is 14.2. The highest BCUT2D eigenvalue weighted by Crippen LogP contribution is 2.43. The predicted molar refractivity (Wildman–Crippen MR) is 91.2 cm³/mol. The first-order valence-electron chi connectivity index (χ1n) is 8.77. The highest BCUT2D eigenvalue weighted by atomic mass is 16.5. The monoisotopic (exact) mass is 342 g/mol. The second-order valence-corrected chi connectivity index (χ2v) is 6.82. The van der Waals surface area contributed by atoms with Crippen LogP contribution in [0.15, 0.2) is 34.7 Å². The van der Waals surface area contributed by atoms with E-state index in [1.807, 2.05) is 37.3 Å². The number of aliphatic hydroxyl groups excluding tert-OH is 1. The molecule has 1 aromatic heterocycles. The minimum atomic E-state index is -0.343. The second kappa shape index (κ2) is 6.61. The Balaban J connectivity index is 1.66. The summed E-state index contributed by atoms with van der Waals surface area (Å²) < 4.78 is 11.5. The van der Waals surface area contributed by atoms with Crippen molar-refractivity contribution in [3.8, 4) is 11.5 Å². The summed E-state index contributed by atoms with van der Waals surface area (Å²) in [7, 11) is 0. The first-order chi connectivity index (χ1) is 12.2. The SMILES string of the molecule is CC1COC(CO)CN1C(=O)c1nc(-c2ccccc2)oc1C1CC1. The van der Waals surface area contributed by atoms with E-state index in [0.717, 1.165) is 18.4 Å². The lowest BCUT2D eigenvalue weighted by molar-refractivity contribution is -0.0669. The number of aromatic nitrogens is 1. The van der Waals surface area contributed by atoms with E-state index in [1.54, 1.807) is 4.90 Å². The number of amides is 1. The Morgan fingerprint density at radius 2 is 2.08 bits per heavy atom. The van der Waals surface area contributed by atoms with Crippen LogP contribution in [0.25, 0.3) is 11.5 Å². The Hall–Kier alpha value is -2.18. The van der Waals surface area contributed by atoms with Crippen molar-refractivity contribution < 1.29 is 19.1 Å². The largest absolute Gasteiger partial charge is 0.440 e. The molecule has 1 saturated carbocycles.